The number of methoxy groups -OCH3 is 1. The number of aromatic carboxylic acids is 1. The topological polar surface area (TPSA) is 105 Å². The molecular formula is C26H22N2O6. The third-order valence-corrected chi connectivity index (χ3v) is 5.24. The molecule has 4 rings (SSSR count). The molecule has 0 saturated carbocycles. The van der Waals surface area contributed by atoms with Crippen molar-refractivity contribution in [2.24, 2.45) is 0 Å². The van der Waals surface area contributed by atoms with E-state index in [1.165, 1.54) is 19.2 Å². The van der Waals surface area contributed by atoms with Crippen molar-refractivity contribution in [3.63, 3.8) is 0 Å². The maximum Gasteiger partial charge on any atom is 0.335 e. The second-order valence-electron chi connectivity index (χ2n) is 7.57. The van der Waals surface area contributed by atoms with Gasteiger partial charge < -0.3 is 19.9 Å². The van der Waals surface area contributed by atoms with E-state index in [-0.39, 0.29) is 24.4 Å². The van der Waals surface area contributed by atoms with Crippen LogP contribution in [-0.4, -0.2) is 35.0 Å². The first kappa shape index (κ1) is 22.6. The quantitative estimate of drug-likeness (QED) is 0.390. The van der Waals surface area contributed by atoms with Crippen LogP contribution in [0.4, 0.5) is 4.79 Å². The monoisotopic (exact) mass is 458 g/mol. The Labute approximate surface area is 196 Å². The van der Waals surface area contributed by atoms with Crippen molar-refractivity contribution in [2.75, 3.05) is 7.11 Å². The van der Waals surface area contributed by atoms with Crippen LogP contribution in [0.3, 0.4) is 0 Å². The molecule has 3 aromatic rings. The lowest BCUT2D eigenvalue weighted by Gasteiger charge is -2.12. The van der Waals surface area contributed by atoms with Crippen molar-refractivity contribution in [2.45, 2.75) is 13.2 Å². The number of imide groups is 1. The average molecular weight is 458 g/mol. The Morgan fingerprint density at radius 3 is 2.38 bits per heavy atom. The highest BCUT2D eigenvalue weighted by Crippen LogP contribution is 2.30. The van der Waals surface area contributed by atoms with Crippen LogP contribution in [0.5, 0.6) is 11.5 Å². The Morgan fingerprint density at radius 1 is 0.971 bits per heavy atom. The molecule has 172 valence electrons. The highest BCUT2D eigenvalue weighted by atomic mass is 16.5. The maximum atomic E-state index is 12.8. The summed E-state index contributed by atoms with van der Waals surface area (Å²) in [5.41, 5.74) is 2.69. The molecule has 3 amide bonds. The molecule has 34 heavy (non-hydrogen) atoms. The number of carbonyl (C=O) groups excluding carboxylic acids is 2. The lowest BCUT2D eigenvalue weighted by atomic mass is 10.1. The first-order valence-corrected chi connectivity index (χ1v) is 10.5. The Hall–Kier alpha value is -4.59. The van der Waals surface area contributed by atoms with Gasteiger partial charge in [0.05, 0.1) is 19.2 Å². The van der Waals surface area contributed by atoms with E-state index in [2.05, 4.69) is 5.32 Å². The zero-order valence-corrected chi connectivity index (χ0v) is 18.4. The molecule has 0 spiro atoms. The minimum atomic E-state index is -0.987. The van der Waals surface area contributed by atoms with E-state index in [1.807, 2.05) is 30.3 Å². The van der Waals surface area contributed by atoms with Crippen molar-refractivity contribution >= 4 is 24.0 Å². The lowest BCUT2D eigenvalue weighted by molar-refractivity contribution is -0.123. The number of urea groups is 1. The molecule has 3 aromatic carbocycles. The van der Waals surface area contributed by atoms with E-state index in [0.29, 0.717) is 17.1 Å². The van der Waals surface area contributed by atoms with Gasteiger partial charge in [-0.15, -0.1) is 0 Å². The van der Waals surface area contributed by atoms with Crippen molar-refractivity contribution in [1.29, 1.82) is 0 Å². The van der Waals surface area contributed by atoms with Gasteiger partial charge in [-0.1, -0.05) is 48.5 Å². The van der Waals surface area contributed by atoms with Gasteiger partial charge in [0, 0.05) is 0 Å². The van der Waals surface area contributed by atoms with E-state index in [1.54, 1.807) is 36.4 Å². The fourth-order valence-electron chi connectivity index (χ4n) is 3.45. The smallest absolute Gasteiger partial charge is 0.335 e. The maximum absolute atomic E-state index is 12.8. The van der Waals surface area contributed by atoms with E-state index in [9.17, 15) is 14.4 Å². The molecule has 0 radical (unpaired) electrons. The molecule has 1 aliphatic heterocycles. The molecule has 8 nitrogen and oxygen atoms in total. The van der Waals surface area contributed by atoms with Gasteiger partial charge >= 0.3 is 12.0 Å². The standard InChI is InChI=1S/C26H22N2O6/c1-33-23-14-19(9-12-22(23)34-16-18-7-10-20(11-8-18)25(30)31)13-21-24(29)28(26(32)27-21)15-17-5-3-2-4-6-17/h2-14H,15-16H2,1H3,(H,27,32)(H,30,31). The summed E-state index contributed by atoms with van der Waals surface area (Å²) in [6, 6.07) is 20.4. The fourth-order valence-corrected chi connectivity index (χ4v) is 3.45. The van der Waals surface area contributed by atoms with Crippen LogP contribution in [-0.2, 0) is 17.9 Å². The number of carboxylic acids is 1. The molecule has 1 fully saturated rings. The summed E-state index contributed by atoms with van der Waals surface area (Å²) in [5, 5.41) is 11.6. The number of ether oxygens (including phenoxy) is 2. The van der Waals surface area contributed by atoms with Gasteiger partial charge in [-0.25, -0.2) is 9.59 Å². The summed E-state index contributed by atoms with van der Waals surface area (Å²) in [4.78, 5) is 37.2. The zero-order chi connectivity index (χ0) is 24.1. The van der Waals surface area contributed by atoms with Gasteiger partial charge in [-0.2, -0.15) is 0 Å². The second kappa shape index (κ2) is 9.91. The number of nitrogens with zero attached hydrogens (tertiary/aromatic N) is 1. The second-order valence-corrected chi connectivity index (χ2v) is 7.57. The summed E-state index contributed by atoms with van der Waals surface area (Å²) in [6.07, 6.45) is 1.59. The first-order valence-electron chi connectivity index (χ1n) is 10.5. The highest BCUT2D eigenvalue weighted by Gasteiger charge is 2.33. The third kappa shape index (κ3) is 5.07. The van der Waals surface area contributed by atoms with Gasteiger partial charge in [0.25, 0.3) is 5.91 Å². The van der Waals surface area contributed by atoms with Crippen molar-refractivity contribution in [3.8, 4) is 11.5 Å². The number of carboxylic acid groups (broad SMARTS) is 1. The van der Waals surface area contributed by atoms with Crippen LogP contribution < -0.4 is 14.8 Å². The van der Waals surface area contributed by atoms with Crippen LogP contribution in [0.1, 0.15) is 27.0 Å². The predicted molar refractivity (Wildman–Crippen MR) is 124 cm³/mol. The number of amides is 3. The zero-order valence-electron chi connectivity index (χ0n) is 18.4. The van der Waals surface area contributed by atoms with Crippen LogP contribution in [0, 0.1) is 0 Å². The van der Waals surface area contributed by atoms with Crippen LogP contribution >= 0.6 is 0 Å². The van der Waals surface area contributed by atoms with Gasteiger partial charge in [-0.05, 0) is 47.0 Å². The molecular weight excluding hydrogens is 436 g/mol. The molecule has 1 heterocycles. The molecule has 0 aromatic heterocycles. The van der Waals surface area contributed by atoms with E-state index < -0.39 is 17.9 Å². The molecule has 0 atom stereocenters. The molecule has 8 heteroatoms. The van der Waals surface area contributed by atoms with E-state index >= 15 is 0 Å². The Balaban J connectivity index is 1.46. The molecule has 1 aliphatic rings. The number of rotatable bonds is 8. The fraction of sp³-hybridized carbons (Fsp3) is 0.115. The number of carbonyl (C=O) groups is 3. The van der Waals surface area contributed by atoms with Gasteiger partial charge in [0.2, 0.25) is 0 Å². The van der Waals surface area contributed by atoms with Crippen LogP contribution in [0.2, 0.25) is 0 Å². The molecule has 1 saturated heterocycles. The number of benzene rings is 3. The summed E-state index contributed by atoms with van der Waals surface area (Å²) in [6.45, 7) is 0.409. The SMILES string of the molecule is COc1cc(C=C2NC(=O)N(Cc3ccccc3)C2=O)ccc1OCc1ccc(C(=O)O)cc1. The van der Waals surface area contributed by atoms with Crippen molar-refractivity contribution < 1.29 is 29.0 Å². The van der Waals surface area contributed by atoms with Crippen molar-refractivity contribution in [1.82, 2.24) is 10.2 Å². The predicted octanol–water partition coefficient (Wildman–Crippen LogP) is 4.07. The molecule has 0 aliphatic carbocycles. The van der Waals surface area contributed by atoms with E-state index in [0.717, 1.165) is 16.0 Å². The van der Waals surface area contributed by atoms with Gasteiger partial charge in [0.1, 0.15) is 12.3 Å². The normalized spacial score (nSPS) is 14.3. The Bertz CT molecular complexity index is 1250. The largest absolute Gasteiger partial charge is 0.493 e. The Morgan fingerprint density at radius 2 is 1.71 bits per heavy atom. The Kier molecular flexibility index (Phi) is 6.59. The van der Waals surface area contributed by atoms with Crippen LogP contribution in [0.25, 0.3) is 6.08 Å². The highest BCUT2D eigenvalue weighted by molar-refractivity contribution is 6.13. The third-order valence-electron chi connectivity index (χ3n) is 5.24. The summed E-state index contributed by atoms with van der Waals surface area (Å²) in [5.74, 6) is -0.453. The minimum absolute atomic E-state index is 0.176. The van der Waals surface area contributed by atoms with E-state index in [4.69, 9.17) is 14.6 Å². The molecule has 0 bridgehead atoms. The van der Waals surface area contributed by atoms with Gasteiger partial charge in [0.15, 0.2) is 11.5 Å². The first-order chi connectivity index (χ1) is 16.4. The summed E-state index contributed by atoms with van der Waals surface area (Å²) in [7, 11) is 1.50. The number of hydrogen-bond acceptors (Lipinski definition) is 5. The summed E-state index contributed by atoms with van der Waals surface area (Å²) < 4.78 is 11.2. The number of nitrogens with one attached hydrogen (secondary N) is 1. The number of hydrogen-bond donors (Lipinski definition) is 2. The summed E-state index contributed by atoms with van der Waals surface area (Å²) >= 11 is 0. The lowest BCUT2D eigenvalue weighted by Crippen LogP contribution is -2.30. The average Bonchev–Trinajstić information content (AvgIpc) is 3.11. The van der Waals surface area contributed by atoms with Gasteiger partial charge in [-0.3, -0.25) is 9.69 Å². The van der Waals surface area contributed by atoms with Crippen molar-refractivity contribution in [3.05, 3.63) is 101 Å². The molecule has 0 unspecified atom stereocenters. The molecule has 2 N–H and O–H groups in total. The van der Waals surface area contributed by atoms with Crippen LogP contribution in [0.15, 0.2) is 78.5 Å². The minimum Gasteiger partial charge on any atom is -0.493 e.